The van der Waals surface area contributed by atoms with Crippen molar-refractivity contribution < 1.29 is 9.59 Å². The van der Waals surface area contributed by atoms with Crippen LogP contribution in [0.15, 0.2) is 18.2 Å². The van der Waals surface area contributed by atoms with Gasteiger partial charge in [0.1, 0.15) is 0 Å². The van der Waals surface area contributed by atoms with Crippen LogP contribution in [0, 0.1) is 5.92 Å². The minimum Gasteiger partial charge on any atom is -0.273 e. The standard InChI is InChI=1S/C11H10Cl2N2O2/c12-8-3-1-2-7(9(8)13)11(17)15-14-10(16)6-4-5-6/h1-3,6H,4-5H2,(H,14,16)(H,15,17). The average Bonchev–Trinajstić information content (AvgIpc) is 3.13. The zero-order valence-electron chi connectivity index (χ0n) is 8.80. The number of hydrazine groups is 1. The van der Waals surface area contributed by atoms with E-state index in [0.717, 1.165) is 12.8 Å². The van der Waals surface area contributed by atoms with Gasteiger partial charge < -0.3 is 0 Å². The number of nitrogens with one attached hydrogen (secondary N) is 2. The van der Waals surface area contributed by atoms with E-state index in [4.69, 9.17) is 23.2 Å². The number of amides is 2. The molecule has 2 rings (SSSR count). The molecule has 4 nitrogen and oxygen atoms in total. The molecule has 0 unspecified atom stereocenters. The number of halogens is 2. The minimum atomic E-state index is -0.480. The van der Waals surface area contributed by atoms with Crippen LogP contribution in [-0.4, -0.2) is 11.8 Å². The monoisotopic (exact) mass is 272 g/mol. The Bertz CT molecular complexity index is 473. The van der Waals surface area contributed by atoms with Crippen LogP contribution < -0.4 is 10.9 Å². The zero-order valence-corrected chi connectivity index (χ0v) is 10.3. The lowest BCUT2D eigenvalue weighted by Crippen LogP contribution is -2.42. The SMILES string of the molecule is O=C(NNC(=O)C1CC1)c1cccc(Cl)c1Cl. The van der Waals surface area contributed by atoms with Crippen molar-refractivity contribution in [3.05, 3.63) is 33.8 Å². The topological polar surface area (TPSA) is 58.2 Å². The summed E-state index contributed by atoms with van der Waals surface area (Å²) in [5, 5.41) is 0.472. The Morgan fingerprint density at radius 1 is 1.18 bits per heavy atom. The van der Waals surface area contributed by atoms with Crippen LogP contribution in [0.1, 0.15) is 23.2 Å². The maximum Gasteiger partial charge on any atom is 0.271 e. The number of carbonyl (C=O) groups excluding carboxylic acids is 2. The van der Waals surface area contributed by atoms with Gasteiger partial charge in [-0.2, -0.15) is 0 Å². The fourth-order valence-electron chi connectivity index (χ4n) is 1.31. The number of rotatable bonds is 2. The van der Waals surface area contributed by atoms with Gasteiger partial charge in [0.2, 0.25) is 5.91 Å². The first-order valence-electron chi connectivity index (χ1n) is 5.14. The van der Waals surface area contributed by atoms with Crippen molar-refractivity contribution in [3.8, 4) is 0 Å². The summed E-state index contributed by atoms with van der Waals surface area (Å²) in [4.78, 5) is 23.0. The molecule has 1 aromatic carbocycles. The normalized spacial score (nSPS) is 14.2. The van der Waals surface area contributed by atoms with E-state index in [2.05, 4.69) is 10.9 Å². The third-order valence-corrected chi connectivity index (χ3v) is 3.26. The van der Waals surface area contributed by atoms with E-state index in [1.165, 1.54) is 6.07 Å². The summed E-state index contributed by atoms with van der Waals surface area (Å²) in [7, 11) is 0. The van der Waals surface area contributed by atoms with Crippen molar-refractivity contribution in [2.45, 2.75) is 12.8 Å². The predicted octanol–water partition coefficient (Wildman–Crippen LogP) is 2.16. The third-order valence-electron chi connectivity index (χ3n) is 2.44. The molecule has 1 aromatic rings. The van der Waals surface area contributed by atoms with Crippen LogP contribution in [-0.2, 0) is 4.79 Å². The molecule has 0 atom stereocenters. The van der Waals surface area contributed by atoms with E-state index in [1.807, 2.05) is 0 Å². The van der Waals surface area contributed by atoms with Crippen molar-refractivity contribution in [2.75, 3.05) is 0 Å². The van der Waals surface area contributed by atoms with Gasteiger partial charge in [-0.15, -0.1) is 0 Å². The minimum absolute atomic E-state index is 0.0325. The lowest BCUT2D eigenvalue weighted by Gasteiger charge is -2.08. The van der Waals surface area contributed by atoms with Crippen LogP contribution in [0.25, 0.3) is 0 Å². The summed E-state index contributed by atoms with van der Waals surface area (Å²) >= 11 is 11.7. The predicted molar refractivity (Wildman–Crippen MR) is 64.8 cm³/mol. The van der Waals surface area contributed by atoms with E-state index in [-0.39, 0.29) is 22.4 Å². The summed E-state index contributed by atoms with van der Waals surface area (Å²) in [5.41, 5.74) is 4.89. The van der Waals surface area contributed by atoms with Crippen LogP contribution in [0.3, 0.4) is 0 Å². The Kier molecular flexibility index (Phi) is 3.54. The Morgan fingerprint density at radius 2 is 1.88 bits per heavy atom. The van der Waals surface area contributed by atoms with Crippen LogP contribution in [0.2, 0.25) is 10.0 Å². The van der Waals surface area contributed by atoms with Crippen LogP contribution in [0.5, 0.6) is 0 Å². The molecule has 0 aliphatic heterocycles. The van der Waals surface area contributed by atoms with Crippen molar-refractivity contribution in [2.24, 2.45) is 5.92 Å². The maximum absolute atomic E-state index is 11.7. The number of carbonyl (C=O) groups is 2. The molecule has 6 heteroatoms. The van der Waals surface area contributed by atoms with E-state index >= 15 is 0 Å². The first-order valence-corrected chi connectivity index (χ1v) is 5.89. The summed E-state index contributed by atoms with van der Waals surface area (Å²) in [6, 6.07) is 4.74. The van der Waals surface area contributed by atoms with E-state index in [9.17, 15) is 9.59 Å². The number of hydrogen-bond acceptors (Lipinski definition) is 2. The fourth-order valence-corrected chi connectivity index (χ4v) is 1.70. The molecule has 90 valence electrons. The highest BCUT2D eigenvalue weighted by Crippen LogP contribution is 2.28. The quantitative estimate of drug-likeness (QED) is 0.811. The fraction of sp³-hybridized carbons (Fsp3) is 0.273. The van der Waals surface area contributed by atoms with Crippen molar-refractivity contribution in [1.29, 1.82) is 0 Å². The van der Waals surface area contributed by atoms with E-state index < -0.39 is 5.91 Å². The molecule has 0 bridgehead atoms. The number of benzene rings is 1. The van der Waals surface area contributed by atoms with Gasteiger partial charge in [0, 0.05) is 5.92 Å². The molecule has 0 saturated heterocycles. The molecule has 0 heterocycles. The first kappa shape index (κ1) is 12.2. The molecule has 1 aliphatic carbocycles. The highest BCUT2D eigenvalue weighted by molar-refractivity contribution is 6.43. The Hall–Kier alpha value is -1.26. The highest BCUT2D eigenvalue weighted by Gasteiger charge is 2.29. The summed E-state index contributed by atoms with van der Waals surface area (Å²) in [6.07, 6.45) is 1.75. The van der Waals surface area contributed by atoms with E-state index in [0.29, 0.717) is 5.02 Å². The molecule has 0 aromatic heterocycles. The smallest absolute Gasteiger partial charge is 0.271 e. The zero-order chi connectivity index (χ0) is 12.4. The molecular formula is C11H10Cl2N2O2. The lowest BCUT2D eigenvalue weighted by atomic mass is 10.2. The molecule has 2 amide bonds. The first-order chi connectivity index (χ1) is 8.09. The Morgan fingerprint density at radius 3 is 2.53 bits per heavy atom. The summed E-state index contributed by atoms with van der Waals surface area (Å²) in [5.74, 6) is -0.617. The van der Waals surface area contributed by atoms with Gasteiger partial charge in [0.15, 0.2) is 0 Å². The lowest BCUT2D eigenvalue weighted by molar-refractivity contribution is -0.123. The summed E-state index contributed by atoms with van der Waals surface area (Å²) in [6.45, 7) is 0. The van der Waals surface area contributed by atoms with Gasteiger partial charge in [-0.3, -0.25) is 20.4 Å². The third kappa shape index (κ3) is 2.90. The van der Waals surface area contributed by atoms with Gasteiger partial charge in [-0.05, 0) is 25.0 Å². The molecule has 1 aliphatic rings. The maximum atomic E-state index is 11.7. The summed E-state index contributed by atoms with van der Waals surface area (Å²) < 4.78 is 0. The molecule has 17 heavy (non-hydrogen) atoms. The van der Waals surface area contributed by atoms with Gasteiger partial charge in [0.25, 0.3) is 5.91 Å². The van der Waals surface area contributed by atoms with Crippen LogP contribution in [0.4, 0.5) is 0 Å². The van der Waals surface area contributed by atoms with Crippen molar-refractivity contribution in [1.82, 2.24) is 10.9 Å². The van der Waals surface area contributed by atoms with Crippen LogP contribution >= 0.6 is 23.2 Å². The van der Waals surface area contributed by atoms with Crippen molar-refractivity contribution >= 4 is 35.0 Å². The molecule has 2 N–H and O–H groups in total. The van der Waals surface area contributed by atoms with E-state index in [1.54, 1.807) is 12.1 Å². The van der Waals surface area contributed by atoms with Gasteiger partial charge in [-0.1, -0.05) is 29.3 Å². The number of hydrogen-bond donors (Lipinski definition) is 2. The Balaban J connectivity index is 1.99. The molecule has 1 saturated carbocycles. The second-order valence-electron chi connectivity index (χ2n) is 3.82. The van der Waals surface area contributed by atoms with Gasteiger partial charge in [0.05, 0.1) is 15.6 Å². The molecule has 1 fully saturated rings. The molecule has 0 spiro atoms. The van der Waals surface area contributed by atoms with Gasteiger partial charge >= 0.3 is 0 Å². The molecular weight excluding hydrogens is 263 g/mol. The Labute approximate surface area is 108 Å². The second kappa shape index (κ2) is 4.94. The molecule has 0 radical (unpaired) electrons. The highest BCUT2D eigenvalue weighted by atomic mass is 35.5. The van der Waals surface area contributed by atoms with Crippen molar-refractivity contribution in [3.63, 3.8) is 0 Å². The second-order valence-corrected chi connectivity index (χ2v) is 4.60. The average molecular weight is 273 g/mol. The largest absolute Gasteiger partial charge is 0.273 e. The van der Waals surface area contributed by atoms with Gasteiger partial charge in [-0.25, -0.2) is 0 Å².